The summed E-state index contributed by atoms with van der Waals surface area (Å²) in [6, 6.07) is 6.76. The van der Waals surface area contributed by atoms with Gasteiger partial charge in [-0.25, -0.2) is 0 Å². The molecule has 0 heterocycles. The molecule has 0 radical (unpaired) electrons. The van der Waals surface area contributed by atoms with Crippen LogP contribution < -0.4 is 0 Å². The molecule has 18 heavy (non-hydrogen) atoms. The molecule has 2 aliphatic rings. The fraction of sp³-hybridized carbons (Fsp3) is 0.429. The van der Waals surface area contributed by atoms with Crippen LogP contribution in [0.25, 0.3) is 0 Å². The Bertz CT molecular complexity index is 589. The maximum atomic E-state index is 11.3. The molecule has 0 aromatic heterocycles. The molecule has 4 heteroatoms. The lowest BCUT2D eigenvalue weighted by Gasteiger charge is -2.19. The minimum absolute atomic E-state index is 0.0664. The second-order valence-corrected chi connectivity index (χ2v) is 6.72. The molecule has 0 spiro atoms. The van der Waals surface area contributed by atoms with Gasteiger partial charge in [-0.2, -0.15) is 8.42 Å². The van der Waals surface area contributed by atoms with E-state index in [0.29, 0.717) is 17.8 Å². The van der Waals surface area contributed by atoms with Crippen molar-refractivity contribution in [2.24, 2.45) is 17.8 Å². The highest BCUT2D eigenvalue weighted by Gasteiger charge is 2.36. The highest BCUT2D eigenvalue weighted by molar-refractivity contribution is 7.85. The van der Waals surface area contributed by atoms with Gasteiger partial charge in [0.05, 0.1) is 4.90 Å². The van der Waals surface area contributed by atoms with Crippen LogP contribution in [0.1, 0.15) is 18.4 Å². The van der Waals surface area contributed by atoms with E-state index in [0.717, 1.165) is 18.4 Å². The van der Waals surface area contributed by atoms with Crippen LogP contribution in [0.5, 0.6) is 0 Å². The van der Waals surface area contributed by atoms with Crippen molar-refractivity contribution in [1.29, 1.82) is 0 Å². The summed E-state index contributed by atoms with van der Waals surface area (Å²) in [6.07, 6.45) is 7.62. The maximum Gasteiger partial charge on any atom is 0.294 e. The van der Waals surface area contributed by atoms with Crippen LogP contribution in [0, 0.1) is 17.8 Å². The molecule has 1 N–H and O–H groups in total. The third-order valence-corrected chi connectivity index (χ3v) is 5.10. The Morgan fingerprint density at radius 1 is 1.17 bits per heavy atom. The summed E-state index contributed by atoms with van der Waals surface area (Å²) in [6.45, 7) is 0. The Labute approximate surface area is 107 Å². The Balaban J connectivity index is 1.88. The first kappa shape index (κ1) is 11.9. The molecule has 96 valence electrons. The molecule has 3 nitrogen and oxygen atoms in total. The van der Waals surface area contributed by atoms with Crippen LogP contribution in [0.15, 0.2) is 41.3 Å². The Kier molecular flexibility index (Phi) is 2.79. The SMILES string of the molecule is O=S(=O)(O)c1ccccc1CC1CC2C=CC1C2. The third kappa shape index (κ3) is 2.10. The van der Waals surface area contributed by atoms with Crippen LogP contribution >= 0.6 is 0 Å². The van der Waals surface area contributed by atoms with E-state index in [4.69, 9.17) is 0 Å². The normalized spacial score (nSPS) is 29.9. The van der Waals surface area contributed by atoms with Crippen molar-refractivity contribution >= 4 is 10.1 Å². The summed E-state index contributed by atoms with van der Waals surface area (Å²) in [5.74, 6) is 1.78. The van der Waals surface area contributed by atoms with Crippen molar-refractivity contribution in [3.05, 3.63) is 42.0 Å². The predicted octanol–water partition coefficient (Wildman–Crippen LogP) is 2.69. The van der Waals surface area contributed by atoms with Gasteiger partial charge in [0.15, 0.2) is 0 Å². The quantitative estimate of drug-likeness (QED) is 0.674. The number of fused-ring (bicyclic) bond motifs is 2. The molecule has 2 aliphatic carbocycles. The van der Waals surface area contributed by atoms with Crippen molar-refractivity contribution in [3.8, 4) is 0 Å². The Morgan fingerprint density at radius 3 is 2.56 bits per heavy atom. The van der Waals surface area contributed by atoms with Gasteiger partial charge in [0.1, 0.15) is 0 Å². The number of hydrogen-bond acceptors (Lipinski definition) is 2. The van der Waals surface area contributed by atoms with Gasteiger partial charge in [-0.05, 0) is 48.6 Å². The van der Waals surface area contributed by atoms with E-state index in [1.807, 2.05) is 6.07 Å². The van der Waals surface area contributed by atoms with Crippen molar-refractivity contribution in [1.82, 2.24) is 0 Å². The first-order chi connectivity index (χ1) is 8.54. The molecule has 1 fully saturated rings. The zero-order valence-electron chi connectivity index (χ0n) is 9.99. The molecule has 0 saturated heterocycles. The minimum Gasteiger partial charge on any atom is -0.282 e. The average Bonchev–Trinajstić information content (AvgIpc) is 2.90. The van der Waals surface area contributed by atoms with E-state index in [2.05, 4.69) is 12.2 Å². The topological polar surface area (TPSA) is 54.4 Å². The summed E-state index contributed by atoms with van der Waals surface area (Å²) in [5, 5.41) is 0. The summed E-state index contributed by atoms with van der Waals surface area (Å²) in [4.78, 5) is 0.0664. The highest BCUT2D eigenvalue weighted by Crippen LogP contribution is 2.45. The van der Waals surface area contributed by atoms with Crippen molar-refractivity contribution < 1.29 is 13.0 Å². The van der Waals surface area contributed by atoms with Crippen LogP contribution in [0.2, 0.25) is 0 Å². The number of allylic oxidation sites excluding steroid dienone is 2. The predicted molar refractivity (Wildman–Crippen MR) is 68.8 cm³/mol. The molecular formula is C14H16O3S. The highest BCUT2D eigenvalue weighted by atomic mass is 32.2. The Morgan fingerprint density at radius 2 is 1.94 bits per heavy atom. The summed E-state index contributed by atoms with van der Waals surface area (Å²) in [5.41, 5.74) is 0.742. The molecule has 2 bridgehead atoms. The van der Waals surface area contributed by atoms with Gasteiger partial charge >= 0.3 is 0 Å². The van der Waals surface area contributed by atoms with Crippen molar-refractivity contribution in [2.45, 2.75) is 24.2 Å². The van der Waals surface area contributed by atoms with E-state index in [9.17, 15) is 13.0 Å². The number of rotatable bonds is 3. The molecular weight excluding hydrogens is 248 g/mol. The van der Waals surface area contributed by atoms with Crippen molar-refractivity contribution in [2.75, 3.05) is 0 Å². The van der Waals surface area contributed by atoms with Gasteiger partial charge in [-0.1, -0.05) is 30.4 Å². The third-order valence-electron chi connectivity index (χ3n) is 4.15. The van der Waals surface area contributed by atoms with Gasteiger partial charge in [0.25, 0.3) is 10.1 Å². The van der Waals surface area contributed by atoms with Crippen LogP contribution in [-0.2, 0) is 16.5 Å². The van der Waals surface area contributed by atoms with E-state index >= 15 is 0 Å². The second-order valence-electron chi connectivity index (χ2n) is 5.33. The number of hydrogen-bond donors (Lipinski definition) is 1. The van der Waals surface area contributed by atoms with E-state index < -0.39 is 10.1 Å². The van der Waals surface area contributed by atoms with Gasteiger partial charge in [-0.3, -0.25) is 4.55 Å². The summed E-state index contributed by atoms with van der Waals surface area (Å²) in [7, 11) is -4.11. The smallest absolute Gasteiger partial charge is 0.282 e. The van der Waals surface area contributed by atoms with Gasteiger partial charge in [0, 0.05) is 0 Å². The largest absolute Gasteiger partial charge is 0.294 e. The summed E-state index contributed by atoms with van der Waals surface area (Å²) < 4.78 is 31.9. The Hall–Kier alpha value is -1.13. The molecule has 0 amide bonds. The molecule has 1 aromatic carbocycles. The maximum absolute atomic E-state index is 11.3. The van der Waals surface area contributed by atoms with Gasteiger partial charge < -0.3 is 0 Å². The van der Waals surface area contributed by atoms with Gasteiger partial charge in [0.2, 0.25) is 0 Å². The molecule has 1 saturated carbocycles. The lowest BCUT2D eigenvalue weighted by Crippen LogP contribution is -2.13. The minimum atomic E-state index is -4.11. The van der Waals surface area contributed by atoms with Crippen molar-refractivity contribution in [3.63, 3.8) is 0 Å². The van der Waals surface area contributed by atoms with E-state index in [1.54, 1.807) is 12.1 Å². The zero-order valence-corrected chi connectivity index (χ0v) is 10.8. The number of benzene rings is 1. The first-order valence-corrected chi connectivity index (χ1v) is 7.72. The zero-order chi connectivity index (χ0) is 12.8. The molecule has 1 aromatic rings. The summed E-state index contributed by atoms with van der Waals surface area (Å²) >= 11 is 0. The molecule has 0 aliphatic heterocycles. The van der Waals surface area contributed by atoms with E-state index in [1.165, 1.54) is 12.5 Å². The molecule has 3 atom stereocenters. The van der Waals surface area contributed by atoms with Gasteiger partial charge in [-0.15, -0.1) is 0 Å². The fourth-order valence-electron chi connectivity index (χ4n) is 3.34. The fourth-order valence-corrected chi connectivity index (χ4v) is 4.07. The van der Waals surface area contributed by atoms with Crippen LogP contribution in [-0.4, -0.2) is 13.0 Å². The molecule has 3 rings (SSSR count). The van der Waals surface area contributed by atoms with E-state index in [-0.39, 0.29) is 4.90 Å². The standard InChI is InChI=1S/C14H16O3S/c15-18(16,17)14-4-2-1-3-12(14)9-13-8-10-5-6-11(13)7-10/h1-6,10-11,13H,7-9H2,(H,15,16,17). The first-order valence-electron chi connectivity index (χ1n) is 6.28. The lowest BCUT2D eigenvalue weighted by atomic mass is 9.88. The van der Waals surface area contributed by atoms with Crippen LogP contribution in [0.3, 0.4) is 0 Å². The lowest BCUT2D eigenvalue weighted by molar-refractivity contribution is 0.439. The molecule has 3 unspecified atom stereocenters. The average molecular weight is 264 g/mol. The van der Waals surface area contributed by atoms with Crippen LogP contribution in [0.4, 0.5) is 0 Å². The second kappa shape index (κ2) is 4.21. The monoisotopic (exact) mass is 264 g/mol.